The highest BCUT2D eigenvalue weighted by Crippen LogP contribution is 2.27. The number of sulfonamides is 1. The monoisotopic (exact) mass is 324 g/mol. The van der Waals surface area contributed by atoms with E-state index in [-0.39, 0.29) is 21.8 Å². The Morgan fingerprint density at radius 1 is 1.36 bits per heavy atom. The Balaban J connectivity index is 2.43. The minimum atomic E-state index is -3.85. The Bertz CT molecular complexity index is 827. The molecule has 118 valence electrons. The zero-order valence-corrected chi connectivity index (χ0v) is 13.2. The van der Waals surface area contributed by atoms with Crippen molar-refractivity contribution in [1.29, 1.82) is 0 Å². The second-order valence-corrected chi connectivity index (χ2v) is 6.37. The highest BCUT2D eigenvalue weighted by molar-refractivity contribution is 7.92. The van der Waals surface area contributed by atoms with E-state index >= 15 is 0 Å². The van der Waals surface area contributed by atoms with Gasteiger partial charge in [-0.15, -0.1) is 0 Å². The SMILES string of the molecule is CCn1ncc(S(=O)(=O)Nc2cccc([N+](=O)[O-])c2C)c1C. The van der Waals surface area contributed by atoms with E-state index in [1.165, 1.54) is 31.3 Å². The van der Waals surface area contributed by atoms with Gasteiger partial charge in [-0.3, -0.25) is 19.5 Å². The predicted octanol–water partition coefficient (Wildman–Crippen LogP) is 2.23. The van der Waals surface area contributed by atoms with Crippen LogP contribution in [0.25, 0.3) is 0 Å². The summed E-state index contributed by atoms with van der Waals surface area (Å²) >= 11 is 0. The van der Waals surface area contributed by atoms with E-state index in [0.717, 1.165) is 0 Å². The molecule has 2 rings (SSSR count). The van der Waals surface area contributed by atoms with Crippen molar-refractivity contribution >= 4 is 21.4 Å². The zero-order valence-electron chi connectivity index (χ0n) is 12.4. The van der Waals surface area contributed by atoms with Gasteiger partial charge in [-0.25, -0.2) is 8.42 Å². The summed E-state index contributed by atoms with van der Waals surface area (Å²) in [5.41, 5.74) is 0.814. The Hall–Kier alpha value is -2.42. The second kappa shape index (κ2) is 5.76. The normalized spacial score (nSPS) is 11.4. The molecular weight excluding hydrogens is 308 g/mol. The summed E-state index contributed by atoms with van der Waals surface area (Å²) in [5, 5.41) is 14.9. The minimum Gasteiger partial charge on any atom is -0.279 e. The molecule has 0 unspecified atom stereocenters. The molecule has 9 heteroatoms. The number of nitrogens with zero attached hydrogens (tertiary/aromatic N) is 3. The number of nitro groups is 1. The summed E-state index contributed by atoms with van der Waals surface area (Å²) in [4.78, 5) is 10.4. The highest BCUT2D eigenvalue weighted by atomic mass is 32.2. The van der Waals surface area contributed by atoms with E-state index in [1.807, 2.05) is 6.92 Å². The lowest BCUT2D eigenvalue weighted by atomic mass is 10.2. The van der Waals surface area contributed by atoms with Crippen LogP contribution in [0.1, 0.15) is 18.2 Å². The van der Waals surface area contributed by atoms with Crippen LogP contribution in [0, 0.1) is 24.0 Å². The van der Waals surface area contributed by atoms with Gasteiger partial charge >= 0.3 is 0 Å². The van der Waals surface area contributed by atoms with E-state index in [2.05, 4.69) is 9.82 Å². The number of hydrogen-bond donors (Lipinski definition) is 1. The Kier molecular flexibility index (Phi) is 4.18. The van der Waals surface area contributed by atoms with Gasteiger partial charge < -0.3 is 0 Å². The molecule has 0 aliphatic rings. The lowest BCUT2D eigenvalue weighted by Crippen LogP contribution is -2.15. The van der Waals surface area contributed by atoms with Crippen LogP contribution < -0.4 is 4.72 Å². The van der Waals surface area contributed by atoms with Crippen molar-refractivity contribution in [3.05, 3.63) is 45.8 Å². The third kappa shape index (κ3) is 2.80. The van der Waals surface area contributed by atoms with E-state index in [4.69, 9.17) is 0 Å². The zero-order chi connectivity index (χ0) is 16.5. The highest BCUT2D eigenvalue weighted by Gasteiger charge is 2.23. The van der Waals surface area contributed by atoms with Crippen LogP contribution in [0.15, 0.2) is 29.3 Å². The fraction of sp³-hybridized carbons (Fsp3) is 0.308. The molecule has 8 nitrogen and oxygen atoms in total. The van der Waals surface area contributed by atoms with Gasteiger partial charge in [-0.05, 0) is 26.8 Å². The van der Waals surface area contributed by atoms with E-state index in [0.29, 0.717) is 12.2 Å². The average Bonchev–Trinajstić information content (AvgIpc) is 2.82. The standard InChI is InChI=1S/C13H16N4O4S/c1-4-16-10(3)13(8-14-16)22(20,21)15-11-6-5-7-12(9(11)2)17(18)19/h5-8,15H,4H2,1-3H3. The molecule has 0 aliphatic carbocycles. The molecule has 0 aliphatic heterocycles. The van der Waals surface area contributed by atoms with Crippen molar-refractivity contribution in [2.75, 3.05) is 4.72 Å². The number of hydrogen-bond acceptors (Lipinski definition) is 5. The maximum atomic E-state index is 12.5. The summed E-state index contributed by atoms with van der Waals surface area (Å²) in [5.74, 6) is 0. The molecule has 2 aromatic rings. The molecule has 22 heavy (non-hydrogen) atoms. The first kappa shape index (κ1) is 16.0. The van der Waals surface area contributed by atoms with Crippen molar-refractivity contribution in [2.24, 2.45) is 0 Å². The molecule has 0 spiro atoms. The molecule has 0 saturated heterocycles. The van der Waals surface area contributed by atoms with Crippen LogP contribution in [-0.4, -0.2) is 23.1 Å². The summed E-state index contributed by atoms with van der Waals surface area (Å²) < 4.78 is 28.9. The van der Waals surface area contributed by atoms with Gasteiger partial charge in [0.05, 0.1) is 28.1 Å². The van der Waals surface area contributed by atoms with E-state index in [9.17, 15) is 18.5 Å². The fourth-order valence-corrected chi connectivity index (χ4v) is 3.44. The molecule has 1 aromatic carbocycles. The first-order valence-electron chi connectivity index (χ1n) is 6.57. The third-order valence-electron chi connectivity index (χ3n) is 3.39. The quantitative estimate of drug-likeness (QED) is 0.670. The molecule has 0 bridgehead atoms. The Labute approximate surface area is 128 Å². The number of aromatic nitrogens is 2. The lowest BCUT2D eigenvalue weighted by molar-refractivity contribution is -0.385. The van der Waals surface area contributed by atoms with Crippen molar-refractivity contribution < 1.29 is 13.3 Å². The maximum absolute atomic E-state index is 12.5. The van der Waals surface area contributed by atoms with Crippen LogP contribution >= 0.6 is 0 Å². The third-order valence-corrected chi connectivity index (χ3v) is 4.86. The molecule has 0 amide bonds. The van der Waals surface area contributed by atoms with Gasteiger partial charge in [0.15, 0.2) is 0 Å². The van der Waals surface area contributed by atoms with Gasteiger partial charge in [0.2, 0.25) is 0 Å². The Morgan fingerprint density at radius 2 is 2.05 bits per heavy atom. The lowest BCUT2D eigenvalue weighted by Gasteiger charge is -2.10. The molecule has 0 atom stereocenters. The molecular formula is C13H16N4O4S. The number of anilines is 1. The van der Waals surface area contributed by atoms with Crippen LogP contribution in [0.5, 0.6) is 0 Å². The summed E-state index contributed by atoms with van der Waals surface area (Å²) in [7, 11) is -3.85. The molecule has 0 radical (unpaired) electrons. The first-order valence-corrected chi connectivity index (χ1v) is 8.05. The van der Waals surface area contributed by atoms with Crippen molar-refractivity contribution in [3.63, 3.8) is 0 Å². The number of benzene rings is 1. The van der Waals surface area contributed by atoms with Gasteiger partial charge in [-0.2, -0.15) is 5.10 Å². The number of nitro benzene ring substituents is 1. The van der Waals surface area contributed by atoms with Crippen LogP contribution in [0.3, 0.4) is 0 Å². The van der Waals surface area contributed by atoms with Crippen LogP contribution in [0.4, 0.5) is 11.4 Å². The molecule has 0 saturated carbocycles. The van der Waals surface area contributed by atoms with E-state index in [1.54, 1.807) is 11.6 Å². The number of aryl methyl sites for hydroxylation is 1. The van der Waals surface area contributed by atoms with Gasteiger partial charge in [-0.1, -0.05) is 6.07 Å². The number of rotatable bonds is 5. The Morgan fingerprint density at radius 3 is 2.59 bits per heavy atom. The van der Waals surface area contributed by atoms with Crippen molar-refractivity contribution in [3.8, 4) is 0 Å². The van der Waals surface area contributed by atoms with Crippen LogP contribution in [-0.2, 0) is 16.6 Å². The first-order chi connectivity index (χ1) is 10.3. The predicted molar refractivity (Wildman–Crippen MR) is 81.3 cm³/mol. The number of nitrogens with one attached hydrogen (secondary N) is 1. The van der Waals surface area contributed by atoms with Gasteiger partial charge in [0.25, 0.3) is 15.7 Å². The molecule has 0 fully saturated rings. The minimum absolute atomic E-state index is 0.0558. The van der Waals surface area contributed by atoms with Crippen molar-refractivity contribution in [2.45, 2.75) is 32.2 Å². The van der Waals surface area contributed by atoms with E-state index < -0.39 is 14.9 Å². The molecule has 1 aromatic heterocycles. The van der Waals surface area contributed by atoms with Crippen LogP contribution in [0.2, 0.25) is 0 Å². The fourth-order valence-electron chi connectivity index (χ4n) is 2.14. The average molecular weight is 324 g/mol. The maximum Gasteiger partial charge on any atom is 0.274 e. The van der Waals surface area contributed by atoms with Gasteiger partial charge in [0.1, 0.15) is 4.90 Å². The second-order valence-electron chi connectivity index (χ2n) is 4.72. The topological polar surface area (TPSA) is 107 Å². The summed E-state index contributed by atoms with van der Waals surface area (Å²) in [6.07, 6.45) is 1.27. The largest absolute Gasteiger partial charge is 0.279 e. The van der Waals surface area contributed by atoms with Gasteiger partial charge in [0, 0.05) is 12.6 Å². The smallest absolute Gasteiger partial charge is 0.274 e. The summed E-state index contributed by atoms with van der Waals surface area (Å²) in [6.45, 7) is 5.56. The molecule has 1 N–H and O–H groups in total. The molecule has 1 heterocycles. The van der Waals surface area contributed by atoms with Crippen molar-refractivity contribution in [1.82, 2.24) is 9.78 Å². The summed E-state index contributed by atoms with van der Waals surface area (Å²) in [6, 6.07) is 4.25.